The van der Waals surface area contributed by atoms with E-state index in [1.54, 1.807) is 54.6 Å². The van der Waals surface area contributed by atoms with Gasteiger partial charge in [0.15, 0.2) is 30.2 Å². The van der Waals surface area contributed by atoms with Gasteiger partial charge in [0.05, 0.1) is 133 Å². The van der Waals surface area contributed by atoms with Gasteiger partial charge >= 0.3 is 68.8 Å². The number of anilines is 3. The molecule has 2 aliphatic rings. The number of imide groups is 1. The van der Waals surface area contributed by atoms with Crippen molar-refractivity contribution >= 4 is 203 Å². The maximum atomic E-state index is 15.0. The van der Waals surface area contributed by atoms with Crippen molar-refractivity contribution in [1.82, 2.24) is 89.5 Å². The van der Waals surface area contributed by atoms with E-state index in [-0.39, 0.29) is 198 Å². The zero-order valence-electron chi connectivity index (χ0n) is 88.4. The van der Waals surface area contributed by atoms with Gasteiger partial charge in [-0.3, -0.25) is 24.7 Å². The summed E-state index contributed by atoms with van der Waals surface area (Å²) in [4.78, 5) is 139. The maximum absolute atomic E-state index is 15.0. The summed E-state index contributed by atoms with van der Waals surface area (Å²) in [7, 11) is 0. The smallest absolute Gasteiger partial charge is 1.00 e. The van der Waals surface area contributed by atoms with Crippen molar-refractivity contribution in [1.29, 1.82) is 0 Å². The third-order valence-corrected chi connectivity index (χ3v) is 27.0. The minimum atomic E-state index is -0.827. The third kappa shape index (κ3) is 30.7. The number of nitrogens with two attached hydrogens (primary N) is 2. The van der Waals surface area contributed by atoms with E-state index in [1.807, 2.05) is 83.1 Å². The van der Waals surface area contributed by atoms with E-state index in [0.29, 0.717) is 105 Å². The zero-order chi connectivity index (χ0) is 111. The average molecular weight is 2480 g/mol. The number of halogens is 14. The first-order chi connectivity index (χ1) is 70.7. The van der Waals surface area contributed by atoms with Crippen LogP contribution in [0.25, 0.3) is 78.5 Å². The molecular weight excluding hydrogens is 2360 g/mol. The molecule has 12 heterocycles. The van der Waals surface area contributed by atoms with Crippen molar-refractivity contribution < 1.29 is 86.1 Å². The number of primary amides is 1. The first-order valence-corrected chi connectivity index (χ1v) is 53.9. The molecule has 8 N–H and O–H groups in total. The van der Waals surface area contributed by atoms with Crippen LogP contribution in [0.4, 0.5) is 39.5 Å². The number of pyridine rings is 4. The number of hydrogen-bond donors (Lipinski definition) is 7. The minimum Gasteiger partial charge on any atom is -1.00 e. The summed E-state index contributed by atoms with van der Waals surface area (Å²) in [6, 6.07) is 30.1. The number of aromatic amines is 1. The van der Waals surface area contributed by atoms with Crippen molar-refractivity contribution in [3.63, 3.8) is 0 Å². The van der Waals surface area contributed by atoms with Crippen molar-refractivity contribution in [2.45, 2.75) is 224 Å². The van der Waals surface area contributed by atoms with Crippen LogP contribution in [0.3, 0.4) is 0 Å². The van der Waals surface area contributed by atoms with Crippen molar-refractivity contribution in [3.05, 3.63) is 282 Å². The minimum absolute atomic E-state index is 0. The molecule has 0 unspecified atom stereocenters. The molecule has 4 aromatic carbocycles. The number of nitrogens with one attached hydrogen (secondary N) is 4. The summed E-state index contributed by atoms with van der Waals surface area (Å²) in [5.74, 6) is -1.28. The first-order valence-electron chi connectivity index (χ1n) is 48.5. The Balaban J connectivity index is 0.000000232. The number of piperidine rings is 2. The molecule has 14 aromatic rings. The monoisotopic (exact) mass is 2470 g/mol. The summed E-state index contributed by atoms with van der Waals surface area (Å²) >= 11 is 54.3. The van der Waals surface area contributed by atoms with E-state index in [4.69, 9.17) is 87.4 Å². The van der Waals surface area contributed by atoms with Crippen molar-refractivity contribution in [2.24, 2.45) is 17.6 Å². The largest absolute Gasteiger partial charge is 1.00 e. The molecule has 0 radical (unpaired) electrons. The number of fused-ring (bicyclic) bond motifs is 2. The SMILES string of the molecule is CC(C)c1nc(Br)nc(C(C)C)c1-n1c(=O)[nH]c(=O)c2cc(Cl)c(-c3ccccc3F)nc21.CC(C)c1nc(Br)nc(C(C)C)c1-n1c(=O)nc(N2C[C@@H](C)CC[C@@H]2C)c2cc(Cl)c(-c3ccccc3F)nc21.CC(C)c1nc(Br)nc(C(C)C)c1N.CC(C)c1nc(Br)nc(C(C)C)c1NC(=O)NC(=O)c1cc(Cl)c(-c2ccccc2F)nc1Cl.C[C@H]1CC[C@H](C)NC1.NC(=O)c1cc(Cl)c(-c2ccccc2F)nc1Cl.[2H]CS.[H-].[K+]. The van der Waals surface area contributed by atoms with E-state index in [9.17, 15) is 46.3 Å². The maximum Gasteiger partial charge on any atom is 1.00 e. The molecule has 0 bridgehead atoms. The predicted molar refractivity (Wildman–Crippen MR) is 608 cm³/mol. The number of amides is 4. The second kappa shape index (κ2) is 56.0. The fraction of sp³-hybridized carbons (Fsp3) is 0.368. The number of carbonyl (C=O) groups excluding carboxylic acids is 3. The molecule has 44 heteroatoms. The Bertz CT molecular complexity index is 7390. The Labute approximate surface area is 983 Å². The van der Waals surface area contributed by atoms with Gasteiger partial charge in [-0.05, 0) is 248 Å². The van der Waals surface area contributed by atoms with Gasteiger partial charge in [0.1, 0.15) is 39.4 Å². The van der Waals surface area contributed by atoms with Crippen LogP contribution in [0, 0.1) is 35.1 Å². The number of nitrogens with zero attached hydrogens (tertiary/aromatic N) is 16. The summed E-state index contributed by atoms with van der Waals surface area (Å²) in [5.41, 5.74) is 18.7. The van der Waals surface area contributed by atoms with Crippen LogP contribution in [0.1, 0.15) is 281 Å². The number of aromatic nitrogens is 16. The molecule has 150 heavy (non-hydrogen) atoms. The summed E-state index contributed by atoms with van der Waals surface area (Å²) < 4.78 is 68.0. The molecule has 0 saturated carbocycles. The van der Waals surface area contributed by atoms with Gasteiger partial charge in [-0.25, -0.2) is 101 Å². The molecule has 2 fully saturated rings. The molecule has 0 spiro atoms. The van der Waals surface area contributed by atoms with E-state index < -0.39 is 58.1 Å². The Morgan fingerprint density at radius 2 is 0.793 bits per heavy atom. The number of carbonyl (C=O) groups is 3. The van der Waals surface area contributed by atoms with Crippen molar-refractivity contribution in [3.8, 4) is 56.4 Å². The first kappa shape index (κ1) is 123. The van der Waals surface area contributed by atoms with Gasteiger partial charge in [0, 0.05) is 42.3 Å². The fourth-order valence-electron chi connectivity index (χ4n) is 16.3. The topological polar surface area (TPSA) is 387 Å². The van der Waals surface area contributed by atoms with Crippen LogP contribution in [-0.2, 0) is 0 Å². The summed E-state index contributed by atoms with van der Waals surface area (Å²) in [6.45, 7) is 42.7. The third-order valence-electron chi connectivity index (χ3n) is 23.8. The van der Waals surface area contributed by atoms with E-state index in [2.05, 4.69) is 217 Å². The van der Waals surface area contributed by atoms with Crippen LogP contribution >= 0.6 is 146 Å². The van der Waals surface area contributed by atoms with Gasteiger partial charge in [-0.15, -0.1) is 0 Å². The number of H-pyrrole nitrogens is 1. The Hall–Kier alpha value is -8.78. The predicted octanol–water partition coefficient (Wildman–Crippen LogP) is 25.4. The molecule has 10 aromatic heterocycles. The molecule has 2 aliphatic heterocycles. The van der Waals surface area contributed by atoms with E-state index in [1.165, 1.54) is 95.3 Å². The Morgan fingerprint density at radius 3 is 1.16 bits per heavy atom. The van der Waals surface area contributed by atoms with Crippen LogP contribution in [0.5, 0.6) is 0 Å². The number of hydrogen-bond acceptors (Lipinski definition) is 23. The quantitative estimate of drug-likeness (QED) is 0.0138. The second-order valence-electron chi connectivity index (χ2n) is 38.0. The van der Waals surface area contributed by atoms with Gasteiger partial charge in [0.2, 0.25) is 0 Å². The average Bonchev–Trinajstić information content (AvgIpc) is 0.729. The molecule has 4 atom stereocenters. The number of urea groups is 1. The Kier molecular flexibility index (Phi) is 46.0. The number of nitrogen functional groups attached to an aromatic ring is 1. The van der Waals surface area contributed by atoms with Gasteiger partial charge < -0.3 is 28.4 Å². The number of rotatable bonds is 18. The summed E-state index contributed by atoms with van der Waals surface area (Å²) in [6.07, 6.45) is 5.06. The van der Waals surface area contributed by atoms with Crippen LogP contribution in [0.15, 0.2) is 155 Å². The van der Waals surface area contributed by atoms with Crippen LogP contribution in [-0.4, -0.2) is 128 Å². The van der Waals surface area contributed by atoms with Crippen LogP contribution in [0.2, 0.25) is 30.4 Å². The number of thiol groups is 1. The van der Waals surface area contributed by atoms with E-state index in [0.717, 1.165) is 48.4 Å². The van der Waals surface area contributed by atoms with Gasteiger partial charge in [-0.2, -0.15) is 17.6 Å². The van der Waals surface area contributed by atoms with Gasteiger partial charge in [-0.1, -0.05) is 243 Å². The molecule has 792 valence electrons. The second-order valence-corrected chi connectivity index (χ2v) is 43.2. The molecule has 28 nitrogen and oxygen atoms in total. The molecule has 4 amide bonds. The normalized spacial score (nSPS) is 14.4. The molecule has 16 rings (SSSR count). The Morgan fingerprint density at radius 1 is 0.460 bits per heavy atom. The van der Waals surface area contributed by atoms with E-state index >= 15 is 0 Å². The molecular formula is C106H117Br4Cl6F4KN22O6S. The molecule has 0 aliphatic carbocycles. The standard InChI is InChI=1S/C30H33BrClFN6O.C23H21BrCl2FN5O2.C23H20BrClFN5O2.C12H7Cl2FN2O.C10H16BrN3.C7H15N.CH4S.K.H/c1-15(2)23-26(24(16(3)4)36-29(31)35-23)39-28-20(13-21(32)25(34-28)19-9-7-8-10-22(19)33)27(37-30(39)40)38-14-17(5)11-12-18(38)6;1-10(2)16-19(17(11(3)4)30-22(24)29-16)31-23(34)32-21(33)13-9-14(25)18(28-20(13)26)12-7-5-6-8-15(12)27;1-10(2)16-19(17(11(3)4)29-22(24)28-16)31-20-13(21(32)30-23(31)33)9-14(25)18(27-20)12-7-5-6-8-15(12)26;13-8-5-7(12(16)18)11(14)17-10(8)6-3-1-2-4-9(6)15;1-5(2)8-7(12)9(6(3)4)14-10(11)13-8;1-6-3-4-7(2)8-5-6;1-2;;/h7-10,13,15-18H,11-12,14H2,1-6H3;5-11H,1-4H3,(H2,31,32,33,34);5-11H,1-4H3,(H,30,32,33);1-5H,(H2,16,18);5-6H,12H2,1-4H3;6-8H,3-5H2,1-2H3;2H,1H3;;/q;;;;;;;+1;-1/t17-,18-;;;;;6-,7-;;;/m0....0.../s1/i;;;;;;1D;;. The summed E-state index contributed by atoms with van der Waals surface area (Å²) in [5, 5.41) is 9.19. The van der Waals surface area contributed by atoms with Gasteiger partial charge in [0.25, 0.3) is 17.4 Å². The van der Waals surface area contributed by atoms with Crippen molar-refractivity contribution in [2.75, 3.05) is 35.3 Å². The zero-order valence-corrected chi connectivity index (χ0v) is 101. The van der Waals surface area contributed by atoms with Crippen LogP contribution < -0.4 is 101 Å². The number of benzene rings is 4. The fourth-order valence-corrected chi connectivity index (χ4v) is 19.3. The molecule has 2 saturated heterocycles.